The fourth-order valence-electron chi connectivity index (χ4n) is 2.95. The van der Waals surface area contributed by atoms with Gasteiger partial charge in [0.25, 0.3) is 0 Å². The summed E-state index contributed by atoms with van der Waals surface area (Å²) in [7, 11) is 0. The van der Waals surface area contributed by atoms with Gasteiger partial charge >= 0.3 is 0 Å². The summed E-state index contributed by atoms with van der Waals surface area (Å²) < 4.78 is 12.0. The molecule has 1 aliphatic heterocycles. The second kappa shape index (κ2) is 5.87. The van der Waals surface area contributed by atoms with Gasteiger partial charge in [0.1, 0.15) is 18.5 Å². The molecule has 1 saturated heterocycles. The van der Waals surface area contributed by atoms with E-state index in [0.29, 0.717) is 0 Å². The van der Waals surface area contributed by atoms with Crippen molar-refractivity contribution in [2.24, 2.45) is 0 Å². The van der Waals surface area contributed by atoms with Gasteiger partial charge in [0, 0.05) is 18.4 Å². The van der Waals surface area contributed by atoms with Gasteiger partial charge in [-0.3, -0.25) is 0 Å². The molecule has 20 heavy (non-hydrogen) atoms. The predicted octanol–water partition coefficient (Wildman–Crippen LogP) is 2.51. The van der Waals surface area contributed by atoms with Crippen LogP contribution in [0.25, 0.3) is 0 Å². The topological polar surface area (TPSA) is 38.7 Å². The average molecular weight is 272 g/mol. The second-order valence-electron chi connectivity index (χ2n) is 5.60. The van der Waals surface area contributed by atoms with Crippen molar-refractivity contribution in [3.63, 3.8) is 0 Å². The van der Waals surface area contributed by atoms with E-state index in [0.717, 1.165) is 30.8 Å². The largest absolute Gasteiger partial charge is 0.490 e. The Morgan fingerprint density at radius 3 is 2.75 bits per heavy atom. The monoisotopic (exact) mass is 272 g/mol. The summed E-state index contributed by atoms with van der Waals surface area (Å²) in [5.74, 6) is 6.41. The van der Waals surface area contributed by atoms with Crippen LogP contribution in [0.4, 0.5) is 0 Å². The lowest BCUT2D eigenvalue weighted by atomic mass is 9.74. The summed E-state index contributed by atoms with van der Waals surface area (Å²) in [4.78, 5) is 0. The number of rotatable bonds is 2. The van der Waals surface area contributed by atoms with Crippen molar-refractivity contribution >= 4 is 0 Å². The van der Waals surface area contributed by atoms with E-state index in [1.165, 1.54) is 19.3 Å². The first-order chi connectivity index (χ1) is 9.80. The fourth-order valence-corrected chi connectivity index (χ4v) is 2.95. The third kappa shape index (κ3) is 2.98. The maximum absolute atomic E-state index is 8.67. The zero-order valence-corrected chi connectivity index (χ0v) is 11.6. The summed E-state index contributed by atoms with van der Waals surface area (Å²) in [5, 5.41) is 8.67. The highest BCUT2D eigenvalue weighted by atomic mass is 16.5. The third-order valence-corrected chi connectivity index (χ3v) is 4.18. The summed E-state index contributed by atoms with van der Waals surface area (Å²) in [6.45, 7) is 0.702. The highest BCUT2D eigenvalue weighted by Crippen LogP contribution is 2.43. The van der Waals surface area contributed by atoms with E-state index in [4.69, 9.17) is 14.6 Å². The molecule has 3 rings (SSSR count). The van der Waals surface area contributed by atoms with E-state index in [9.17, 15) is 0 Å². The van der Waals surface area contributed by atoms with Gasteiger partial charge in [0.2, 0.25) is 0 Å². The Kier molecular flexibility index (Phi) is 3.95. The molecule has 3 heteroatoms. The van der Waals surface area contributed by atoms with E-state index in [-0.39, 0.29) is 18.3 Å². The van der Waals surface area contributed by atoms with Gasteiger partial charge in [0.05, 0.1) is 12.2 Å². The number of ether oxygens (including phenoxy) is 2. The van der Waals surface area contributed by atoms with Crippen molar-refractivity contribution in [2.75, 3.05) is 13.2 Å². The molecular weight excluding hydrogens is 252 g/mol. The first-order valence-electron chi connectivity index (χ1n) is 7.30. The zero-order valence-electron chi connectivity index (χ0n) is 11.6. The summed E-state index contributed by atoms with van der Waals surface area (Å²) in [6, 6.07) is 7.75. The van der Waals surface area contributed by atoms with E-state index < -0.39 is 0 Å². The Hall–Kier alpha value is -1.50. The van der Waals surface area contributed by atoms with E-state index in [1.807, 2.05) is 24.3 Å². The first kappa shape index (κ1) is 13.5. The van der Waals surface area contributed by atoms with Crippen LogP contribution < -0.4 is 4.74 Å². The van der Waals surface area contributed by atoms with Crippen molar-refractivity contribution in [3.05, 3.63) is 29.8 Å². The normalized spacial score (nSPS) is 23.6. The average Bonchev–Trinajstić information content (AvgIpc) is 2.45. The van der Waals surface area contributed by atoms with Crippen molar-refractivity contribution in [2.45, 2.75) is 43.8 Å². The standard InChI is InChI=1S/C17H20O3/c18-11-1-3-14-4-6-15(7-5-14)20-16-8-12-19-17(13-16)9-2-10-17/h4-7,16,18H,2,8-13H2. The SMILES string of the molecule is OCC#Cc1ccc(OC2CCOC3(CCC3)C2)cc1. The number of hydrogen-bond acceptors (Lipinski definition) is 3. The third-order valence-electron chi connectivity index (χ3n) is 4.18. The molecule has 1 spiro atoms. The lowest BCUT2D eigenvalue weighted by Gasteiger charge is -2.46. The minimum Gasteiger partial charge on any atom is -0.490 e. The molecule has 2 fully saturated rings. The van der Waals surface area contributed by atoms with Gasteiger partial charge in [-0.2, -0.15) is 0 Å². The highest BCUT2D eigenvalue weighted by molar-refractivity contribution is 5.38. The Morgan fingerprint density at radius 2 is 2.10 bits per heavy atom. The Labute approximate surface area is 119 Å². The number of hydrogen-bond donors (Lipinski definition) is 1. The summed E-state index contributed by atoms with van der Waals surface area (Å²) in [6.07, 6.45) is 5.89. The van der Waals surface area contributed by atoms with Crippen LogP contribution >= 0.6 is 0 Å². The maximum Gasteiger partial charge on any atom is 0.119 e. The molecule has 0 radical (unpaired) electrons. The van der Waals surface area contributed by atoms with Crippen molar-refractivity contribution in [1.29, 1.82) is 0 Å². The molecule has 1 aromatic carbocycles. The molecule has 1 aromatic rings. The Balaban J connectivity index is 1.59. The molecule has 106 valence electrons. The lowest BCUT2D eigenvalue weighted by Crippen LogP contribution is -2.48. The molecule has 0 aromatic heterocycles. The van der Waals surface area contributed by atoms with Gasteiger partial charge in [-0.25, -0.2) is 0 Å². The quantitative estimate of drug-likeness (QED) is 0.841. The summed E-state index contributed by atoms with van der Waals surface area (Å²) in [5.41, 5.74) is 1.02. The van der Waals surface area contributed by atoms with Gasteiger partial charge in [-0.15, -0.1) is 0 Å². The predicted molar refractivity (Wildman–Crippen MR) is 76.6 cm³/mol. The van der Waals surface area contributed by atoms with Crippen LogP contribution in [0, 0.1) is 11.8 Å². The lowest BCUT2D eigenvalue weighted by molar-refractivity contribution is -0.153. The fraction of sp³-hybridized carbons (Fsp3) is 0.529. The molecule has 2 aliphatic rings. The van der Waals surface area contributed by atoms with Crippen LogP contribution in [0.5, 0.6) is 5.75 Å². The minimum absolute atomic E-state index is 0.109. The minimum atomic E-state index is -0.109. The molecule has 0 bridgehead atoms. The van der Waals surface area contributed by atoms with Crippen molar-refractivity contribution < 1.29 is 14.6 Å². The van der Waals surface area contributed by atoms with Gasteiger partial charge < -0.3 is 14.6 Å². The highest BCUT2D eigenvalue weighted by Gasteiger charge is 2.43. The van der Waals surface area contributed by atoms with Crippen LogP contribution in [-0.2, 0) is 4.74 Å². The second-order valence-corrected chi connectivity index (χ2v) is 5.60. The number of benzene rings is 1. The Bertz CT molecular complexity index is 505. The van der Waals surface area contributed by atoms with Crippen LogP contribution in [-0.4, -0.2) is 30.0 Å². The molecular formula is C17H20O3. The van der Waals surface area contributed by atoms with E-state index in [2.05, 4.69) is 11.8 Å². The zero-order chi connectivity index (χ0) is 13.8. The van der Waals surface area contributed by atoms with Crippen molar-refractivity contribution in [3.8, 4) is 17.6 Å². The molecule has 1 heterocycles. The summed E-state index contributed by atoms with van der Waals surface area (Å²) >= 11 is 0. The molecule has 1 unspecified atom stereocenters. The van der Waals surface area contributed by atoms with E-state index in [1.54, 1.807) is 0 Å². The first-order valence-corrected chi connectivity index (χ1v) is 7.30. The van der Waals surface area contributed by atoms with Crippen LogP contribution in [0.2, 0.25) is 0 Å². The molecule has 1 N–H and O–H groups in total. The molecule has 1 aliphatic carbocycles. The maximum atomic E-state index is 8.67. The van der Waals surface area contributed by atoms with Crippen LogP contribution in [0.3, 0.4) is 0 Å². The van der Waals surface area contributed by atoms with Gasteiger partial charge in [-0.1, -0.05) is 11.8 Å². The van der Waals surface area contributed by atoms with E-state index >= 15 is 0 Å². The molecule has 1 atom stereocenters. The molecule has 0 amide bonds. The van der Waals surface area contributed by atoms with Crippen molar-refractivity contribution in [1.82, 2.24) is 0 Å². The molecule has 1 saturated carbocycles. The smallest absolute Gasteiger partial charge is 0.119 e. The van der Waals surface area contributed by atoms with Gasteiger partial charge in [0.15, 0.2) is 0 Å². The van der Waals surface area contributed by atoms with Crippen LogP contribution in [0.15, 0.2) is 24.3 Å². The number of aliphatic hydroxyl groups is 1. The van der Waals surface area contributed by atoms with Crippen LogP contribution in [0.1, 0.15) is 37.7 Å². The van der Waals surface area contributed by atoms with Gasteiger partial charge in [-0.05, 0) is 43.5 Å². The Morgan fingerprint density at radius 1 is 1.30 bits per heavy atom. The number of aliphatic hydroxyl groups excluding tert-OH is 1. The molecule has 3 nitrogen and oxygen atoms in total.